The first kappa shape index (κ1) is 32.7. The van der Waals surface area contributed by atoms with Crippen LogP contribution in [0.2, 0.25) is 0 Å². The number of rotatable bonds is 4. The maximum atomic E-state index is 14.6. The van der Waals surface area contributed by atoms with E-state index >= 15 is 0 Å². The van der Waals surface area contributed by atoms with E-state index < -0.39 is 35.0 Å². The standard InChI is InChI=1S/C34H45N7O6/c1-32(2,3)46-30(44)40-21-22-20-38(18-14-24(22)37-40)34(15-7-8-16-34)29(43)39-17-10-13-27(39)28(42)36-25-11-9-12-26-23(25)19-35-41(26)31(45)47-33(4,5)6/h9,11-12,19,21,27H,7-8,10,13-18,20H2,1-6H3,(H,36,42)/t27-/m1/s1. The Hall–Kier alpha value is -4.26. The number of benzene rings is 1. The van der Waals surface area contributed by atoms with Crippen molar-refractivity contribution in [3.05, 3.63) is 41.9 Å². The first-order valence-corrected chi connectivity index (χ1v) is 16.5. The van der Waals surface area contributed by atoms with Crippen LogP contribution in [0.25, 0.3) is 10.9 Å². The lowest BCUT2D eigenvalue weighted by Gasteiger charge is -2.44. The summed E-state index contributed by atoms with van der Waals surface area (Å²) in [6, 6.07) is 4.65. The Morgan fingerprint density at radius 3 is 2.34 bits per heavy atom. The average molecular weight is 648 g/mol. The molecule has 0 bridgehead atoms. The van der Waals surface area contributed by atoms with Crippen molar-refractivity contribution in [2.75, 3.05) is 18.4 Å². The summed E-state index contributed by atoms with van der Waals surface area (Å²) in [5, 5.41) is 12.4. The second kappa shape index (κ2) is 12.1. The van der Waals surface area contributed by atoms with Gasteiger partial charge in [0.25, 0.3) is 0 Å². The van der Waals surface area contributed by atoms with Crippen LogP contribution in [0.5, 0.6) is 0 Å². The van der Waals surface area contributed by atoms with Gasteiger partial charge in [-0.1, -0.05) is 18.9 Å². The molecule has 2 amide bonds. The van der Waals surface area contributed by atoms with Crippen molar-refractivity contribution in [3.63, 3.8) is 0 Å². The number of nitrogens with zero attached hydrogens (tertiary/aromatic N) is 6. The normalized spacial score (nSPS) is 19.9. The predicted molar refractivity (Wildman–Crippen MR) is 174 cm³/mol. The Labute approximate surface area is 274 Å². The Balaban J connectivity index is 1.19. The van der Waals surface area contributed by atoms with Gasteiger partial charge in [0.15, 0.2) is 0 Å². The second-order valence-corrected chi connectivity index (χ2v) is 14.9. The Morgan fingerprint density at radius 1 is 0.936 bits per heavy atom. The summed E-state index contributed by atoms with van der Waals surface area (Å²) >= 11 is 0. The Bertz CT molecular complexity index is 1710. The number of amides is 2. The van der Waals surface area contributed by atoms with Crippen LogP contribution < -0.4 is 5.32 Å². The summed E-state index contributed by atoms with van der Waals surface area (Å²) in [6.45, 7) is 12.5. The summed E-state index contributed by atoms with van der Waals surface area (Å²) in [5.74, 6) is -0.271. The number of hydrogen-bond donors (Lipinski definition) is 1. The smallest absolute Gasteiger partial charge is 0.435 e. The highest BCUT2D eigenvalue weighted by molar-refractivity contribution is 6.05. The number of ether oxygens (including phenoxy) is 2. The fourth-order valence-corrected chi connectivity index (χ4v) is 7.08. The quantitative estimate of drug-likeness (QED) is 0.410. The summed E-state index contributed by atoms with van der Waals surface area (Å²) in [7, 11) is 0. The van der Waals surface area contributed by atoms with Crippen molar-refractivity contribution in [2.45, 2.75) is 116 Å². The van der Waals surface area contributed by atoms with Gasteiger partial charge < -0.3 is 19.7 Å². The molecule has 2 aromatic heterocycles. The molecule has 0 radical (unpaired) electrons. The van der Waals surface area contributed by atoms with Gasteiger partial charge in [0, 0.05) is 43.2 Å². The van der Waals surface area contributed by atoms with Gasteiger partial charge in [-0.3, -0.25) is 14.5 Å². The summed E-state index contributed by atoms with van der Waals surface area (Å²) < 4.78 is 13.4. The molecular formula is C34H45N7O6. The molecule has 1 saturated heterocycles. The Kier molecular flexibility index (Phi) is 8.39. The van der Waals surface area contributed by atoms with Crippen molar-refractivity contribution in [3.8, 4) is 0 Å². The topological polar surface area (TPSA) is 141 Å². The highest BCUT2D eigenvalue weighted by Crippen LogP contribution is 2.41. The van der Waals surface area contributed by atoms with Gasteiger partial charge in [-0.05, 0) is 79.4 Å². The van der Waals surface area contributed by atoms with Crippen molar-refractivity contribution >= 4 is 40.6 Å². The van der Waals surface area contributed by atoms with E-state index in [1.807, 2.05) is 20.8 Å². The third kappa shape index (κ3) is 6.50. The molecule has 0 spiro atoms. The molecule has 2 fully saturated rings. The molecule has 0 unspecified atom stereocenters. The zero-order chi connectivity index (χ0) is 33.7. The van der Waals surface area contributed by atoms with Gasteiger partial charge in [-0.25, -0.2) is 9.59 Å². The predicted octanol–water partition coefficient (Wildman–Crippen LogP) is 5.10. The van der Waals surface area contributed by atoms with E-state index in [-0.39, 0.29) is 11.8 Å². The van der Waals surface area contributed by atoms with Crippen LogP contribution >= 0.6 is 0 Å². The fraction of sp³-hybridized carbons (Fsp3) is 0.588. The molecule has 1 N–H and O–H groups in total. The van der Waals surface area contributed by atoms with Crippen molar-refractivity contribution in [2.24, 2.45) is 0 Å². The number of aromatic nitrogens is 4. The molecule has 3 aliphatic rings. The van der Waals surface area contributed by atoms with Gasteiger partial charge in [-0.15, -0.1) is 0 Å². The highest BCUT2D eigenvalue weighted by Gasteiger charge is 2.51. The number of carbonyl (C=O) groups is 4. The van der Waals surface area contributed by atoms with E-state index in [1.165, 1.54) is 15.6 Å². The number of carbonyl (C=O) groups excluding carboxylic acids is 4. The van der Waals surface area contributed by atoms with Crippen molar-refractivity contribution < 1.29 is 28.7 Å². The van der Waals surface area contributed by atoms with Crippen LogP contribution in [-0.4, -0.2) is 89.2 Å². The summed E-state index contributed by atoms with van der Waals surface area (Å²) in [5.41, 5.74) is 0.747. The monoisotopic (exact) mass is 647 g/mol. The Morgan fingerprint density at radius 2 is 1.64 bits per heavy atom. The molecule has 2 aliphatic heterocycles. The lowest BCUT2D eigenvalue weighted by molar-refractivity contribution is -0.148. The zero-order valence-corrected chi connectivity index (χ0v) is 28.2. The number of hydrogen-bond acceptors (Lipinski definition) is 9. The lowest BCUT2D eigenvalue weighted by atomic mass is 9.89. The van der Waals surface area contributed by atoms with E-state index in [1.54, 1.807) is 50.1 Å². The summed E-state index contributed by atoms with van der Waals surface area (Å²) in [6.07, 6.45) is 7.34. The van der Waals surface area contributed by atoms with Crippen LogP contribution in [0.3, 0.4) is 0 Å². The van der Waals surface area contributed by atoms with Crippen LogP contribution in [0.1, 0.15) is 91.3 Å². The minimum atomic E-state index is -0.719. The molecule has 1 saturated carbocycles. The average Bonchev–Trinajstić information content (AvgIpc) is 3.80. The number of anilines is 1. The molecule has 252 valence electrons. The SMILES string of the molecule is CC(C)(C)OC(=O)n1cc2c(n1)CCN(C1(C(=O)N3CCC[C@@H]3C(=O)Nc3cccc4c3cnn4C(=O)OC(C)(C)C)CCCC1)C2. The highest BCUT2D eigenvalue weighted by atomic mass is 16.6. The fourth-order valence-electron chi connectivity index (χ4n) is 7.08. The maximum absolute atomic E-state index is 14.6. The first-order valence-electron chi connectivity index (χ1n) is 16.5. The second-order valence-electron chi connectivity index (χ2n) is 14.9. The third-order valence-electron chi connectivity index (χ3n) is 9.13. The largest absolute Gasteiger partial charge is 0.442 e. The molecule has 13 heteroatoms. The molecule has 1 aromatic carbocycles. The first-order chi connectivity index (χ1) is 22.1. The molecule has 4 heterocycles. The number of fused-ring (bicyclic) bond motifs is 2. The van der Waals surface area contributed by atoms with Crippen molar-refractivity contribution in [1.82, 2.24) is 29.4 Å². The molecule has 13 nitrogen and oxygen atoms in total. The van der Waals surface area contributed by atoms with E-state index in [4.69, 9.17) is 9.47 Å². The van der Waals surface area contributed by atoms with E-state index in [0.29, 0.717) is 49.1 Å². The number of likely N-dealkylation sites (tertiary alicyclic amines) is 1. The molecule has 47 heavy (non-hydrogen) atoms. The van der Waals surface area contributed by atoms with Crippen LogP contribution in [0, 0.1) is 0 Å². The maximum Gasteiger partial charge on any atom is 0.435 e. The van der Waals surface area contributed by atoms with Gasteiger partial charge in [-0.2, -0.15) is 19.6 Å². The van der Waals surface area contributed by atoms with Gasteiger partial charge in [0.2, 0.25) is 11.8 Å². The lowest BCUT2D eigenvalue weighted by Crippen LogP contribution is -2.61. The minimum Gasteiger partial charge on any atom is -0.442 e. The summed E-state index contributed by atoms with van der Waals surface area (Å²) in [4.78, 5) is 57.8. The van der Waals surface area contributed by atoms with Crippen molar-refractivity contribution in [1.29, 1.82) is 0 Å². The van der Waals surface area contributed by atoms with E-state index in [9.17, 15) is 19.2 Å². The molecule has 1 aliphatic carbocycles. The molecular weight excluding hydrogens is 602 g/mol. The zero-order valence-electron chi connectivity index (χ0n) is 28.2. The van der Waals surface area contributed by atoms with E-state index in [0.717, 1.165) is 43.4 Å². The third-order valence-corrected chi connectivity index (χ3v) is 9.13. The van der Waals surface area contributed by atoms with Gasteiger partial charge in [0.1, 0.15) is 22.8 Å². The van der Waals surface area contributed by atoms with Gasteiger partial charge >= 0.3 is 12.2 Å². The van der Waals surface area contributed by atoms with Crippen LogP contribution in [0.15, 0.2) is 30.6 Å². The number of nitrogens with one attached hydrogen (secondary N) is 1. The molecule has 3 aromatic rings. The van der Waals surface area contributed by atoms with Gasteiger partial charge in [0.05, 0.1) is 23.1 Å². The molecule has 1 atom stereocenters. The van der Waals surface area contributed by atoms with E-state index in [2.05, 4.69) is 20.4 Å². The minimum absolute atomic E-state index is 0.00779. The van der Waals surface area contributed by atoms with Crippen LogP contribution in [-0.2, 0) is 32.0 Å². The van der Waals surface area contributed by atoms with Crippen LogP contribution in [0.4, 0.5) is 15.3 Å². The molecule has 6 rings (SSSR count).